The molecule has 0 aliphatic rings. The fourth-order valence-electron chi connectivity index (χ4n) is 3.21. The van der Waals surface area contributed by atoms with Crippen LogP contribution in [0.25, 0.3) is 21.8 Å². The maximum absolute atomic E-state index is 12.1. The highest BCUT2D eigenvalue weighted by Crippen LogP contribution is 2.29. The van der Waals surface area contributed by atoms with E-state index in [4.69, 9.17) is 32.9 Å². The van der Waals surface area contributed by atoms with Crippen molar-refractivity contribution < 1.29 is 9.53 Å². The number of thiazole rings is 1. The fraction of sp³-hybridized carbons (Fsp3) is 0.154. The molecule has 168 valence electrons. The number of nitrogens with one attached hydrogen (secondary N) is 1. The summed E-state index contributed by atoms with van der Waals surface area (Å²) >= 11 is 13.6. The van der Waals surface area contributed by atoms with Crippen molar-refractivity contribution in [2.24, 2.45) is 0 Å². The average molecular weight is 497 g/mol. The molecule has 0 aliphatic carbocycles. The molecule has 4 nitrogen and oxygen atoms in total. The fourth-order valence-corrected chi connectivity index (χ4v) is 4.51. The van der Waals surface area contributed by atoms with E-state index in [1.165, 1.54) is 0 Å². The molecule has 7 heteroatoms. The normalized spacial score (nSPS) is 10.7. The summed E-state index contributed by atoms with van der Waals surface area (Å²) in [6, 6.07) is 23.3. The van der Waals surface area contributed by atoms with Crippen LogP contribution in [0.15, 0.2) is 78.2 Å². The summed E-state index contributed by atoms with van der Waals surface area (Å²) in [7, 11) is 0. The summed E-state index contributed by atoms with van der Waals surface area (Å²) in [5.74, 6) is 0.551. The highest BCUT2D eigenvalue weighted by molar-refractivity contribution is 7.13. The number of aromatic nitrogens is 1. The molecule has 0 spiro atoms. The molecule has 0 aliphatic heterocycles. The van der Waals surface area contributed by atoms with Crippen molar-refractivity contribution in [3.8, 4) is 27.6 Å². The topological polar surface area (TPSA) is 51.2 Å². The van der Waals surface area contributed by atoms with Gasteiger partial charge in [-0.3, -0.25) is 4.79 Å². The third-order valence-corrected chi connectivity index (χ3v) is 6.39. The first-order valence-corrected chi connectivity index (χ1v) is 12.2. The summed E-state index contributed by atoms with van der Waals surface area (Å²) in [4.78, 5) is 16.9. The van der Waals surface area contributed by atoms with Gasteiger partial charge >= 0.3 is 0 Å². The molecule has 1 N–H and O–H groups in total. The van der Waals surface area contributed by atoms with Gasteiger partial charge in [0.25, 0.3) is 0 Å². The Balaban J connectivity index is 1.21. The zero-order valence-corrected chi connectivity index (χ0v) is 20.1. The van der Waals surface area contributed by atoms with E-state index < -0.39 is 0 Å². The molecule has 1 amide bonds. The molecule has 0 saturated carbocycles. The van der Waals surface area contributed by atoms with Crippen molar-refractivity contribution in [3.63, 3.8) is 0 Å². The standard InChI is InChI=1S/C26H22Cl2N2O2S/c27-21-12-13-24(22(28)15-21)32-14-4-7-25(31)29-16-18-8-10-20(11-9-18)26-30-23(17-33-26)19-5-2-1-3-6-19/h1-3,5-6,8-13,15,17H,4,7,14,16H2,(H,29,31). The minimum atomic E-state index is -0.0164. The van der Waals surface area contributed by atoms with Crippen LogP contribution in [-0.2, 0) is 11.3 Å². The van der Waals surface area contributed by atoms with Crippen LogP contribution in [0.2, 0.25) is 10.0 Å². The van der Waals surface area contributed by atoms with Gasteiger partial charge in [-0.05, 0) is 30.2 Å². The molecule has 0 atom stereocenters. The first-order chi connectivity index (χ1) is 16.1. The monoisotopic (exact) mass is 496 g/mol. The number of carbonyl (C=O) groups excluding carboxylic acids is 1. The van der Waals surface area contributed by atoms with Crippen molar-refractivity contribution in [2.45, 2.75) is 19.4 Å². The summed E-state index contributed by atoms with van der Waals surface area (Å²) in [6.07, 6.45) is 0.974. The number of halogens is 2. The summed E-state index contributed by atoms with van der Waals surface area (Å²) in [6.45, 7) is 0.887. The molecular weight excluding hydrogens is 475 g/mol. The Hall–Kier alpha value is -2.86. The molecule has 0 fully saturated rings. The second-order valence-corrected chi connectivity index (χ2v) is 9.11. The Kier molecular flexibility index (Phi) is 8.00. The molecule has 1 heterocycles. The zero-order chi connectivity index (χ0) is 23.0. The number of carbonyl (C=O) groups is 1. The second-order valence-electron chi connectivity index (χ2n) is 7.40. The Morgan fingerprint density at radius 3 is 2.52 bits per heavy atom. The van der Waals surface area contributed by atoms with Crippen LogP contribution < -0.4 is 10.1 Å². The van der Waals surface area contributed by atoms with Gasteiger partial charge in [-0.15, -0.1) is 11.3 Å². The molecular formula is C26H22Cl2N2O2S. The van der Waals surface area contributed by atoms with Gasteiger partial charge in [0, 0.05) is 34.5 Å². The Morgan fingerprint density at radius 1 is 0.970 bits per heavy atom. The number of rotatable bonds is 9. The molecule has 1 aromatic heterocycles. The van der Waals surface area contributed by atoms with Gasteiger partial charge in [0.05, 0.1) is 17.3 Å². The van der Waals surface area contributed by atoms with Gasteiger partial charge in [0.1, 0.15) is 10.8 Å². The molecule has 0 unspecified atom stereocenters. The number of ether oxygens (including phenoxy) is 1. The number of hydrogen-bond donors (Lipinski definition) is 1. The zero-order valence-electron chi connectivity index (χ0n) is 17.8. The maximum Gasteiger partial charge on any atom is 0.220 e. The highest BCUT2D eigenvalue weighted by Gasteiger charge is 2.08. The van der Waals surface area contributed by atoms with Crippen LogP contribution in [0.4, 0.5) is 0 Å². The van der Waals surface area contributed by atoms with Crippen molar-refractivity contribution >= 4 is 40.4 Å². The van der Waals surface area contributed by atoms with Gasteiger partial charge in [0.2, 0.25) is 5.91 Å². The largest absolute Gasteiger partial charge is 0.492 e. The number of benzene rings is 3. The predicted octanol–water partition coefficient (Wildman–Crippen LogP) is 7.26. The van der Waals surface area contributed by atoms with Crippen molar-refractivity contribution in [1.82, 2.24) is 10.3 Å². The van der Waals surface area contributed by atoms with Crippen LogP contribution in [0.1, 0.15) is 18.4 Å². The van der Waals surface area contributed by atoms with Crippen molar-refractivity contribution in [1.29, 1.82) is 0 Å². The molecule has 0 bridgehead atoms. The highest BCUT2D eigenvalue weighted by atomic mass is 35.5. The summed E-state index contributed by atoms with van der Waals surface area (Å²) < 4.78 is 5.61. The molecule has 4 rings (SSSR count). The number of amides is 1. The quantitative estimate of drug-likeness (QED) is 0.248. The van der Waals surface area contributed by atoms with Crippen LogP contribution in [0, 0.1) is 0 Å². The van der Waals surface area contributed by atoms with Crippen molar-refractivity contribution in [2.75, 3.05) is 6.61 Å². The van der Waals surface area contributed by atoms with Crippen LogP contribution in [0.3, 0.4) is 0 Å². The molecule has 33 heavy (non-hydrogen) atoms. The van der Waals surface area contributed by atoms with E-state index in [-0.39, 0.29) is 5.91 Å². The molecule has 4 aromatic rings. The summed E-state index contributed by atoms with van der Waals surface area (Å²) in [5.41, 5.74) is 4.20. The lowest BCUT2D eigenvalue weighted by molar-refractivity contribution is -0.121. The first-order valence-electron chi connectivity index (χ1n) is 10.5. The predicted molar refractivity (Wildman–Crippen MR) is 136 cm³/mol. The van der Waals surface area contributed by atoms with Crippen LogP contribution >= 0.6 is 34.5 Å². The maximum atomic E-state index is 12.1. The lowest BCUT2D eigenvalue weighted by atomic mass is 10.1. The van der Waals surface area contributed by atoms with Gasteiger partial charge in [-0.1, -0.05) is 77.8 Å². The minimum Gasteiger partial charge on any atom is -0.492 e. The molecule has 3 aromatic carbocycles. The van der Waals surface area contributed by atoms with E-state index in [1.54, 1.807) is 29.5 Å². The van der Waals surface area contributed by atoms with E-state index in [1.807, 2.05) is 42.5 Å². The van der Waals surface area contributed by atoms with E-state index in [0.717, 1.165) is 27.4 Å². The first kappa shape index (κ1) is 23.3. The smallest absolute Gasteiger partial charge is 0.220 e. The molecule has 0 radical (unpaired) electrons. The Morgan fingerprint density at radius 2 is 1.76 bits per heavy atom. The van der Waals surface area contributed by atoms with E-state index in [2.05, 4.69) is 22.8 Å². The van der Waals surface area contributed by atoms with Crippen LogP contribution in [0.5, 0.6) is 5.75 Å². The van der Waals surface area contributed by atoms with Crippen LogP contribution in [-0.4, -0.2) is 17.5 Å². The van der Waals surface area contributed by atoms with Gasteiger partial charge in [-0.2, -0.15) is 0 Å². The van der Waals surface area contributed by atoms with E-state index in [9.17, 15) is 4.79 Å². The Labute approximate surface area is 207 Å². The SMILES string of the molecule is O=C(CCCOc1ccc(Cl)cc1Cl)NCc1ccc(-c2nc(-c3ccccc3)cs2)cc1. The van der Waals surface area contributed by atoms with Gasteiger partial charge < -0.3 is 10.1 Å². The average Bonchev–Trinajstić information content (AvgIpc) is 3.33. The van der Waals surface area contributed by atoms with E-state index in [0.29, 0.717) is 41.8 Å². The third kappa shape index (κ3) is 6.57. The van der Waals surface area contributed by atoms with Crippen molar-refractivity contribution in [3.05, 3.63) is 93.8 Å². The summed E-state index contributed by atoms with van der Waals surface area (Å²) in [5, 5.41) is 7.02. The molecule has 0 saturated heterocycles. The minimum absolute atomic E-state index is 0.0164. The van der Waals surface area contributed by atoms with E-state index >= 15 is 0 Å². The number of hydrogen-bond acceptors (Lipinski definition) is 4. The Bertz CT molecular complexity index is 1210. The third-order valence-electron chi connectivity index (χ3n) is 4.96. The lowest BCUT2D eigenvalue weighted by Gasteiger charge is -2.09. The number of nitrogens with zero attached hydrogens (tertiary/aromatic N) is 1. The second kappa shape index (κ2) is 11.3. The van der Waals surface area contributed by atoms with Gasteiger partial charge in [-0.25, -0.2) is 4.98 Å². The lowest BCUT2D eigenvalue weighted by Crippen LogP contribution is -2.22. The van der Waals surface area contributed by atoms with Gasteiger partial charge in [0.15, 0.2) is 0 Å².